The third-order valence-electron chi connectivity index (χ3n) is 2.67. The lowest BCUT2D eigenvalue weighted by molar-refractivity contribution is 0.102. The van der Waals surface area contributed by atoms with Crippen molar-refractivity contribution in [3.05, 3.63) is 38.6 Å². The number of carbonyl (C=O) groups is 1. The summed E-state index contributed by atoms with van der Waals surface area (Å²) in [5, 5.41) is 7.90. The molecule has 0 aliphatic carbocycles. The molecule has 0 saturated carbocycles. The Morgan fingerprint density at radius 2 is 2.05 bits per heavy atom. The number of amides is 1. The summed E-state index contributed by atoms with van der Waals surface area (Å²) in [6.45, 7) is 3.44. The molecule has 0 spiro atoms. The lowest BCUT2D eigenvalue weighted by Crippen LogP contribution is -2.13. The van der Waals surface area contributed by atoms with E-state index in [1.54, 1.807) is 12.1 Å². The molecule has 6 nitrogen and oxygen atoms in total. The molecule has 1 heterocycles. The van der Waals surface area contributed by atoms with Gasteiger partial charge < -0.3 is 0 Å². The number of aryl methyl sites for hydroxylation is 2. The molecule has 21 heavy (non-hydrogen) atoms. The van der Waals surface area contributed by atoms with Crippen molar-refractivity contribution in [3.8, 4) is 0 Å². The fourth-order valence-corrected chi connectivity index (χ4v) is 4.15. The molecular weight excluding hydrogens is 425 g/mol. The van der Waals surface area contributed by atoms with Crippen molar-refractivity contribution in [2.75, 3.05) is 5.32 Å². The number of thiazole rings is 1. The van der Waals surface area contributed by atoms with Crippen LogP contribution in [0.5, 0.6) is 0 Å². The zero-order chi connectivity index (χ0) is 15.8. The summed E-state index contributed by atoms with van der Waals surface area (Å²) in [5.74, 6) is -0.335. The fourth-order valence-electron chi connectivity index (χ4n) is 1.69. The minimum atomic E-state index is -3.82. The number of primary sulfonamides is 1. The molecule has 1 aromatic carbocycles. The van der Waals surface area contributed by atoms with E-state index in [2.05, 4.69) is 32.9 Å². The normalized spacial score (nSPS) is 11.4. The monoisotopic (exact) mass is 437 g/mol. The average Bonchev–Trinajstić information content (AvgIpc) is 2.73. The van der Waals surface area contributed by atoms with Gasteiger partial charge in [-0.2, -0.15) is 0 Å². The second kappa shape index (κ2) is 5.99. The first-order valence-corrected chi connectivity index (χ1v) is 9.21. The van der Waals surface area contributed by atoms with Crippen molar-refractivity contribution in [2.24, 2.45) is 5.14 Å². The average molecular weight is 437 g/mol. The quantitative estimate of drug-likeness (QED) is 0.720. The molecule has 1 aromatic heterocycles. The van der Waals surface area contributed by atoms with E-state index in [1.807, 2.05) is 13.0 Å². The molecule has 0 bridgehead atoms. The third-order valence-corrected chi connectivity index (χ3v) is 6.73. The van der Waals surface area contributed by atoms with Gasteiger partial charge in [-0.05, 0) is 48.1 Å². The highest BCUT2D eigenvalue weighted by atomic mass is 127. The Balaban J connectivity index is 2.31. The maximum atomic E-state index is 12.2. The predicted octanol–water partition coefficient (Wildman–Crippen LogP) is 2.26. The van der Waals surface area contributed by atoms with Crippen LogP contribution >= 0.6 is 33.9 Å². The number of anilines is 1. The molecule has 0 saturated heterocycles. The summed E-state index contributed by atoms with van der Waals surface area (Å²) in [6.07, 6.45) is 0. The number of nitrogens with two attached hydrogens (primary N) is 1. The summed E-state index contributed by atoms with van der Waals surface area (Å²) >= 11 is 2.93. The second-order valence-electron chi connectivity index (χ2n) is 4.33. The van der Waals surface area contributed by atoms with E-state index in [0.29, 0.717) is 5.56 Å². The molecule has 2 aromatic rings. The van der Waals surface area contributed by atoms with Crippen LogP contribution in [0.3, 0.4) is 0 Å². The van der Waals surface area contributed by atoms with E-state index in [-0.39, 0.29) is 20.9 Å². The summed E-state index contributed by atoms with van der Waals surface area (Å²) in [5.41, 5.74) is 1.78. The summed E-state index contributed by atoms with van der Waals surface area (Å²) in [6, 6.07) is 5.39. The predicted molar refractivity (Wildman–Crippen MR) is 90.1 cm³/mol. The van der Waals surface area contributed by atoms with Crippen molar-refractivity contribution in [2.45, 2.75) is 18.1 Å². The van der Waals surface area contributed by atoms with Gasteiger partial charge in [-0.3, -0.25) is 10.1 Å². The standard InChI is InChI=1S/C12H12IN3O3S2/c1-6-4-3-5-8(9(6)13)10(17)16-12-15-7(2)11(20-12)21(14,18)19/h3-5H,1-2H3,(H2,14,18,19)(H,15,16,17). The number of rotatable bonds is 3. The number of carbonyl (C=O) groups excluding carboxylic acids is 1. The van der Waals surface area contributed by atoms with Gasteiger partial charge in [-0.25, -0.2) is 18.5 Å². The largest absolute Gasteiger partial charge is 0.298 e. The maximum absolute atomic E-state index is 12.2. The number of halogens is 1. The van der Waals surface area contributed by atoms with Crippen molar-refractivity contribution >= 4 is 55.0 Å². The van der Waals surface area contributed by atoms with Crippen LogP contribution in [-0.2, 0) is 10.0 Å². The minimum Gasteiger partial charge on any atom is -0.298 e. The maximum Gasteiger partial charge on any atom is 0.258 e. The fraction of sp³-hybridized carbons (Fsp3) is 0.167. The Morgan fingerprint density at radius 1 is 1.38 bits per heavy atom. The van der Waals surface area contributed by atoms with E-state index < -0.39 is 10.0 Å². The van der Waals surface area contributed by atoms with Crippen molar-refractivity contribution in [1.82, 2.24) is 4.98 Å². The number of nitrogens with one attached hydrogen (secondary N) is 1. The zero-order valence-electron chi connectivity index (χ0n) is 11.2. The lowest BCUT2D eigenvalue weighted by atomic mass is 10.1. The first kappa shape index (κ1) is 16.3. The number of aromatic nitrogens is 1. The topological polar surface area (TPSA) is 102 Å². The van der Waals surface area contributed by atoms with E-state index in [9.17, 15) is 13.2 Å². The molecular formula is C12H12IN3O3S2. The Kier molecular flexibility index (Phi) is 4.66. The smallest absolute Gasteiger partial charge is 0.258 e. The first-order chi connectivity index (χ1) is 9.70. The first-order valence-electron chi connectivity index (χ1n) is 5.77. The molecule has 112 valence electrons. The molecule has 3 N–H and O–H groups in total. The highest BCUT2D eigenvalue weighted by Crippen LogP contribution is 2.27. The van der Waals surface area contributed by atoms with Crippen molar-refractivity contribution in [3.63, 3.8) is 0 Å². The molecule has 0 aliphatic heterocycles. The third kappa shape index (κ3) is 3.59. The molecule has 9 heteroatoms. The zero-order valence-corrected chi connectivity index (χ0v) is 15.0. The number of sulfonamides is 1. The van der Waals surface area contributed by atoms with E-state index >= 15 is 0 Å². The SMILES string of the molecule is Cc1cccc(C(=O)Nc2nc(C)c(S(N)(=O)=O)s2)c1I. The Labute approximate surface area is 140 Å². The second-order valence-corrected chi connectivity index (χ2v) is 8.16. The highest BCUT2D eigenvalue weighted by molar-refractivity contribution is 14.1. The molecule has 0 unspecified atom stereocenters. The van der Waals surface area contributed by atoms with Crippen molar-refractivity contribution in [1.29, 1.82) is 0 Å². The van der Waals surface area contributed by atoms with Gasteiger partial charge in [0.2, 0.25) is 10.0 Å². The lowest BCUT2D eigenvalue weighted by Gasteiger charge is -2.06. The molecule has 1 amide bonds. The van der Waals surface area contributed by atoms with E-state index in [0.717, 1.165) is 20.5 Å². The number of hydrogen-bond donors (Lipinski definition) is 2. The van der Waals surface area contributed by atoms with E-state index in [4.69, 9.17) is 5.14 Å². The van der Waals surface area contributed by atoms with Gasteiger partial charge in [-0.1, -0.05) is 23.5 Å². The van der Waals surface area contributed by atoms with Gasteiger partial charge in [-0.15, -0.1) is 0 Å². The number of hydrogen-bond acceptors (Lipinski definition) is 5. The van der Waals surface area contributed by atoms with Gasteiger partial charge in [0.1, 0.15) is 0 Å². The summed E-state index contributed by atoms with van der Waals surface area (Å²) in [4.78, 5) is 16.2. The highest BCUT2D eigenvalue weighted by Gasteiger charge is 2.19. The van der Waals surface area contributed by atoms with Gasteiger partial charge in [0.05, 0.1) is 11.3 Å². The summed E-state index contributed by atoms with van der Waals surface area (Å²) in [7, 11) is -3.82. The van der Waals surface area contributed by atoms with Crippen LogP contribution in [0.15, 0.2) is 22.4 Å². The van der Waals surface area contributed by atoms with Gasteiger partial charge >= 0.3 is 0 Å². The Hall–Kier alpha value is -1.04. The van der Waals surface area contributed by atoms with Crippen LogP contribution in [-0.4, -0.2) is 19.3 Å². The molecule has 0 aliphatic rings. The van der Waals surface area contributed by atoms with Gasteiger partial charge in [0.25, 0.3) is 5.91 Å². The van der Waals surface area contributed by atoms with Crippen LogP contribution < -0.4 is 10.5 Å². The van der Waals surface area contributed by atoms with Gasteiger partial charge in [0.15, 0.2) is 9.34 Å². The van der Waals surface area contributed by atoms with Gasteiger partial charge in [0, 0.05) is 3.57 Å². The van der Waals surface area contributed by atoms with Crippen LogP contribution in [0.4, 0.5) is 5.13 Å². The number of nitrogens with zero attached hydrogens (tertiary/aromatic N) is 1. The van der Waals surface area contributed by atoms with Crippen molar-refractivity contribution < 1.29 is 13.2 Å². The Morgan fingerprint density at radius 3 is 2.62 bits per heavy atom. The van der Waals surface area contributed by atoms with Crippen LogP contribution in [0.1, 0.15) is 21.6 Å². The minimum absolute atomic E-state index is 0.0447. The van der Waals surface area contributed by atoms with Crippen LogP contribution in [0.25, 0.3) is 0 Å². The molecule has 0 atom stereocenters. The van der Waals surface area contributed by atoms with E-state index in [1.165, 1.54) is 6.92 Å². The molecule has 0 radical (unpaired) electrons. The Bertz CT molecular complexity index is 815. The molecule has 2 rings (SSSR count). The summed E-state index contributed by atoms with van der Waals surface area (Å²) < 4.78 is 23.5. The van der Waals surface area contributed by atoms with Crippen LogP contribution in [0.2, 0.25) is 0 Å². The molecule has 0 fully saturated rings. The van der Waals surface area contributed by atoms with Crippen LogP contribution in [0, 0.1) is 17.4 Å². The number of benzene rings is 1.